The van der Waals surface area contributed by atoms with Crippen LogP contribution >= 0.6 is 0 Å². The Bertz CT molecular complexity index is 1860. The van der Waals surface area contributed by atoms with Gasteiger partial charge in [-0.1, -0.05) is 142 Å². The number of aromatic nitrogens is 1. The predicted molar refractivity (Wildman–Crippen MR) is 220 cm³/mol. The van der Waals surface area contributed by atoms with Gasteiger partial charge in [0.2, 0.25) is 0 Å². The first kappa shape index (κ1) is 40.5. The van der Waals surface area contributed by atoms with Crippen LogP contribution in [0.5, 0.6) is 0 Å². The number of rotatable bonds is 2. The van der Waals surface area contributed by atoms with Crippen LogP contribution in [0.3, 0.4) is 0 Å². The van der Waals surface area contributed by atoms with E-state index in [1.54, 1.807) is 0 Å². The summed E-state index contributed by atoms with van der Waals surface area (Å²) in [4.78, 5) is 9.31. The van der Waals surface area contributed by atoms with Crippen molar-refractivity contribution >= 4 is 33.2 Å². The molecular formula is C47H61AuN3-2. The van der Waals surface area contributed by atoms with E-state index in [2.05, 4.69) is 200 Å². The molecule has 0 atom stereocenters. The fourth-order valence-corrected chi connectivity index (χ4v) is 6.65. The maximum atomic E-state index is 4.80. The molecule has 4 heteroatoms. The predicted octanol–water partition coefficient (Wildman–Crippen LogP) is 13.0. The molecule has 51 heavy (non-hydrogen) atoms. The topological polar surface area (TPSA) is 20.6 Å². The number of hydrogen-bond donors (Lipinski definition) is 0. The summed E-state index contributed by atoms with van der Waals surface area (Å²) < 4.78 is 0. The van der Waals surface area contributed by atoms with Crippen LogP contribution in [0.1, 0.15) is 128 Å². The van der Waals surface area contributed by atoms with Crippen LogP contribution in [0.4, 0.5) is 11.4 Å². The molecule has 4 aromatic carbocycles. The third-order valence-electron chi connectivity index (χ3n) is 9.94. The zero-order valence-corrected chi connectivity index (χ0v) is 36.3. The van der Waals surface area contributed by atoms with Crippen LogP contribution in [0.25, 0.3) is 21.8 Å². The van der Waals surface area contributed by atoms with Gasteiger partial charge >= 0.3 is 0 Å². The van der Waals surface area contributed by atoms with Crippen molar-refractivity contribution in [2.75, 3.05) is 9.80 Å². The van der Waals surface area contributed by atoms with E-state index in [-0.39, 0.29) is 44.0 Å². The first-order valence-corrected chi connectivity index (χ1v) is 18.3. The Kier molecular flexibility index (Phi) is 11.4. The fourth-order valence-electron chi connectivity index (χ4n) is 6.65. The molecule has 1 aromatic heterocycles. The minimum atomic E-state index is 0. The van der Waals surface area contributed by atoms with Crippen molar-refractivity contribution in [1.82, 2.24) is 4.98 Å². The fraction of sp³-hybridized carbons (Fsp3) is 0.426. The summed E-state index contributed by atoms with van der Waals surface area (Å²) in [6.07, 6.45) is 4.35. The van der Waals surface area contributed by atoms with Gasteiger partial charge in [-0.05, 0) is 119 Å². The van der Waals surface area contributed by atoms with Crippen LogP contribution in [0, 0.1) is 34.4 Å². The van der Waals surface area contributed by atoms with Crippen molar-refractivity contribution in [2.24, 2.45) is 0 Å². The summed E-state index contributed by atoms with van der Waals surface area (Å²) in [5.74, 6) is 0. The van der Waals surface area contributed by atoms with E-state index in [4.69, 9.17) is 4.98 Å². The van der Waals surface area contributed by atoms with Gasteiger partial charge in [-0.15, -0.1) is 17.7 Å². The summed E-state index contributed by atoms with van der Waals surface area (Å²) in [5.41, 5.74) is 15.8. The van der Waals surface area contributed by atoms with E-state index in [0.29, 0.717) is 0 Å². The maximum Gasteiger partial charge on any atom is 0.0130 e. The molecule has 0 saturated carbocycles. The van der Waals surface area contributed by atoms with Gasteiger partial charge in [0.25, 0.3) is 0 Å². The molecule has 1 radical (unpaired) electrons. The van der Waals surface area contributed by atoms with Gasteiger partial charge in [-0.2, -0.15) is 0 Å². The Morgan fingerprint density at radius 3 is 1.00 bits per heavy atom. The van der Waals surface area contributed by atoms with Crippen LogP contribution in [-0.2, 0) is 44.0 Å². The molecule has 0 N–H and O–H groups in total. The SMILES string of the molecule is CC(C)(C)c1cc(N2C=CN(c3cc(C(C)(C)C)cc(C(C)(C)C)c3)[CH-]2)cc(C(C)(C)C)c1.Cc1cc(C)c2[n-]c3c(C)cc(C)cc3c2c1.[Au]. The van der Waals surface area contributed by atoms with Gasteiger partial charge in [-0.25, -0.2) is 0 Å². The Morgan fingerprint density at radius 2 is 0.725 bits per heavy atom. The van der Waals surface area contributed by atoms with Gasteiger partial charge in [0.1, 0.15) is 0 Å². The molecule has 0 bridgehead atoms. The number of benzene rings is 4. The van der Waals surface area contributed by atoms with Crippen LogP contribution in [0.2, 0.25) is 0 Å². The normalized spacial score (nSPS) is 13.9. The summed E-state index contributed by atoms with van der Waals surface area (Å²) in [5, 5.41) is 2.59. The third-order valence-corrected chi connectivity index (χ3v) is 9.94. The number of hydrogen-bond acceptors (Lipinski definition) is 2. The molecule has 0 unspecified atom stereocenters. The van der Waals surface area contributed by atoms with Gasteiger partial charge < -0.3 is 14.8 Å². The van der Waals surface area contributed by atoms with E-state index in [1.165, 1.54) is 66.7 Å². The van der Waals surface area contributed by atoms with Crippen LogP contribution in [-0.4, -0.2) is 0 Å². The number of anilines is 2. The molecule has 0 saturated heterocycles. The molecule has 0 aliphatic carbocycles. The van der Waals surface area contributed by atoms with Crippen molar-refractivity contribution in [1.29, 1.82) is 0 Å². The van der Waals surface area contributed by atoms with Crippen molar-refractivity contribution in [2.45, 2.75) is 132 Å². The molecule has 5 aromatic rings. The average molecular weight is 865 g/mol. The number of nitrogens with zero attached hydrogens (tertiary/aromatic N) is 3. The van der Waals surface area contributed by atoms with Crippen molar-refractivity contribution < 1.29 is 22.4 Å². The molecular weight excluding hydrogens is 804 g/mol. The van der Waals surface area contributed by atoms with Crippen LogP contribution in [0.15, 0.2) is 73.1 Å². The third kappa shape index (κ3) is 9.05. The van der Waals surface area contributed by atoms with Crippen molar-refractivity contribution in [3.05, 3.63) is 124 Å². The average Bonchev–Trinajstić information content (AvgIpc) is 3.62. The molecule has 0 amide bonds. The van der Waals surface area contributed by atoms with E-state index in [0.717, 1.165) is 11.0 Å². The van der Waals surface area contributed by atoms with E-state index in [1.807, 2.05) is 0 Å². The van der Waals surface area contributed by atoms with E-state index < -0.39 is 0 Å². The summed E-state index contributed by atoms with van der Waals surface area (Å²) in [6.45, 7) is 38.3. The summed E-state index contributed by atoms with van der Waals surface area (Å²) in [6, 6.07) is 23.0. The first-order chi connectivity index (χ1) is 22.9. The second kappa shape index (κ2) is 14.3. The van der Waals surface area contributed by atoms with Gasteiger partial charge in [0, 0.05) is 33.8 Å². The Labute approximate surface area is 325 Å². The molecule has 2 heterocycles. The van der Waals surface area contributed by atoms with Crippen molar-refractivity contribution in [3.8, 4) is 0 Å². The van der Waals surface area contributed by atoms with E-state index >= 15 is 0 Å². The zero-order chi connectivity index (χ0) is 37.1. The number of fused-ring (bicyclic) bond motifs is 3. The second-order valence-corrected chi connectivity index (χ2v) is 18.8. The molecule has 0 fully saturated rings. The molecule has 1 aliphatic rings. The summed E-state index contributed by atoms with van der Waals surface area (Å²) in [7, 11) is 0. The molecule has 3 nitrogen and oxygen atoms in total. The number of aryl methyl sites for hydroxylation is 4. The van der Waals surface area contributed by atoms with Crippen LogP contribution < -0.4 is 14.8 Å². The zero-order valence-electron chi connectivity index (χ0n) is 34.1. The van der Waals surface area contributed by atoms with Gasteiger partial charge in [0.15, 0.2) is 0 Å². The minimum absolute atomic E-state index is 0. The molecule has 1 aliphatic heterocycles. The Balaban J connectivity index is 0.000000270. The monoisotopic (exact) mass is 864 g/mol. The quantitative estimate of drug-likeness (QED) is 0.130. The molecule has 0 spiro atoms. The molecule has 277 valence electrons. The Hall–Kier alpha value is -3.24. The van der Waals surface area contributed by atoms with Gasteiger partial charge in [-0.3, -0.25) is 0 Å². The standard InChI is InChI=1S/C31H45N2.C16H16N.Au/c1-28(2,3)22-15-23(29(4,5)6)18-26(17-22)32-13-14-33(21-32)27-19-24(30(7,8)9)16-25(20-27)31(10,11)12;1-9-5-11(3)15-13(7-9)14-8-10(2)6-12(4)16(14)17-15;/h13-21H,1-12H3;5-8H,1-4H3;/q2*-1;. The largest absolute Gasteiger partial charge is 0.656 e. The smallest absolute Gasteiger partial charge is 0.0130 e. The minimum Gasteiger partial charge on any atom is -0.656 e. The Morgan fingerprint density at radius 1 is 0.431 bits per heavy atom. The van der Waals surface area contributed by atoms with Gasteiger partial charge in [0.05, 0.1) is 0 Å². The first-order valence-electron chi connectivity index (χ1n) is 18.3. The van der Waals surface area contributed by atoms with E-state index in [9.17, 15) is 0 Å². The second-order valence-electron chi connectivity index (χ2n) is 18.8. The van der Waals surface area contributed by atoms with Crippen molar-refractivity contribution in [3.63, 3.8) is 0 Å². The molecule has 6 rings (SSSR count). The summed E-state index contributed by atoms with van der Waals surface area (Å²) >= 11 is 0. The maximum absolute atomic E-state index is 4.80.